The summed E-state index contributed by atoms with van der Waals surface area (Å²) in [4.78, 5) is 84.6. The van der Waals surface area contributed by atoms with Gasteiger partial charge in [0, 0.05) is 28.0 Å². The molecule has 2 aliphatic heterocycles. The van der Waals surface area contributed by atoms with Gasteiger partial charge in [-0.3, -0.25) is 51.9 Å². The number of phenolic OH excluding ortho intramolecular Hbond substituents is 1. The molecule has 29 heteroatoms. The number of ketones is 4. The number of aromatic hydroxyl groups is 1. The van der Waals surface area contributed by atoms with E-state index in [9.17, 15) is 95.7 Å². The number of rotatable bonds is 8. The monoisotopic (exact) mass is 1100 g/mol. The minimum atomic E-state index is -4.78. The summed E-state index contributed by atoms with van der Waals surface area (Å²) in [5.41, 5.74) is 3.35. The molecule has 4 aliphatic rings. The van der Waals surface area contributed by atoms with Crippen LogP contribution in [0.1, 0.15) is 82.2 Å². The molecule has 73 heavy (non-hydrogen) atoms. The maximum absolute atomic E-state index is 12.6. The molecular weight excluding hydrogens is 1070 g/mol. The Hall–Kier alpha value is -7.32. The van der Waals surface area contributed by atoms with E-state index in [-0.39, 0.29) is 33.7 Å². The third-order valence-electron chi connectivity index (χ3n) is 11.3. The number of benzene rings is 5. The summed E-state index contributed by atoms with van der Waals surface area (Å²) in [5, 5.41) is 20.7. The summed E-state index contributed by atoms with van der Waals surface area (Å²) in [7, 11) is -19.1. The second-order valence-electron chi connectivity index (χ2n) is 15.8. The van der Waals surface area contributed by atoms with Crippen LogP contribution >= 0.6 is 11.8 Å². The number of hydrogen-bond donors (Lipinski definition) is 8. The molecule has 2 aliphatic carbocycles. The predicted octanol–water partition coefficient (Wildman–Crippen LogP) is 2.06. The number of carbonyl (C=O) groups excluding carboxylic acids is 6. The average Bonchev–Trinajstić information content (AvgIpc) is 3.32. The van der Waals surface area contributed by atoms with Crippen molar-refractivity contribution in [2.45, 2.75) is 44.0 Å². The van der Waals surface area contributed by atoms with Crippen LogP contribution in [0.5, 0.6) is 5.75 Å². The molecule has 380 valence electrons. The van der Waals surface area contributed by atoms with Gasteiger partial charge < -0.3 is 21.3 Å². The number of nitrogens with two attached hydrogens (primary N) is 1. The fourth-order valence-corrected chi connectivity index (χ4v) is 12.2. The molecule has 5 aromatic rings. The molecule has 0 radical (unpaired) electrons. The molecule has 9 rings (SSSR count). The van der Waals surface area contributed by atoms with E-state index in [4.69, 9.17) is 5.73 Å². The summed E-state index contributed by atoms with van der Waals surface area (Å²) in [6.45, 7) is 1.67. The lowest BCUT2D eigenvalue weighted by atomic mass is 9.84. The minimum Gasteiger partial charge on any atom is -0.508 e. The van der Waals surface area contributed by atoms with E-state index in [0.717, 1.165) is 72.8 Å². The number of aliphatic carboxylic acids is 1. The number of phenols is 1. The van der Waals surface area contributed by atoms with Crippen LogP contribution in [0, 0.1) is 0 Å². The van der Waals surface area contributed by atoms with Crippen molar-refractivity contribution in [1.29, 1.82) is 0 Å². The highest BCUT2D eigenvalue weighted by Gasteiger charge is 2.54. The number of carbonyl (C=O) groups is 7. The number of nitrogens with one attached hydrogen (secondary N) is 1. The lowest BCUT2D eigenvalue weighted by Crippen LogP contribution is -2.71. The van der Waals surface area contributed by atoms with E-state index >= 15 is 0 Å². The number of fused-ring (bicyclic) bond motifs is 5. The number of carboxylic acid groups (broad SMARTS) is 1. The van der Waals surface area contributed by atoms with Gasteiger partial charge in [0.2, 0.25) is 5.91 Å². The first-order valence-electron chi connectivity index (χ1n) is 20.2. The van der Waals surface area contributed by atoms with Gasteiger partial charge in [0.25, 0.3) is 46.4 Å². The molecular formula is C44H33N3O21S5. The summed E-state index contributed by atoms with van der Waals surface area (Å²) in [6.07, 6.45) is 0. The van der Waals surface area contributed by atoms with Crippen LogP contribution in [-0.2, 0) is 54.9 Å². The first kappa shape index (κ1) is 53.5. The van der Waals surface area contributed by atoms with E-state index < -0.39 is 141 Å². The predicted molar refractivity (Wildman–Crippen MR) is 249 cm³/mol. The first-order valence-corrected chi connectivity index (χ1v) is 27.0. The van der Waals surface area contributed by atoms with Crippen molar-refractivity contribution in [1.82, 2.24) is 10.2 Å². The Morgan fingerprint density at radius 3 is 1.22 bits per heavy atom. The average molecular weight is 1100 g/mol. The van der Waals surface area contributed by atoms with Crippen LogP contribution in [0.25, 0.3) is 0 Å². The van der Waals surface area contributed by atoms with Crippen LogP contribution in [0.4, 0.5) is 0 Å². The van der Waals surface area contributed by atoms with E-state index in [2.05, 4.69) is 5.32 Å². The first-order chi connectivity index (χ1) is 33.9. The molecule has 5 aromatic carbocycles. The van der Waals surface area contributed by atoms with Crippen molar-refractivity contribution in [3.05, 3.63) is 158 Å². The summed E-state index contributed by atoms with van der Waals surface area (Å²) in [5.74, 6) is -5.39. The SMILES string of the molecule is CC1=C(C(=O)O)N2C(=O)C(NC(=O)C(N)c3ccc(O)cc3)[C@@H]2SC1.O=C1c2cccc(S(=O)(=O)O)c2C(=O)c2cccc(S(=O)(=O)O)c21.O=C1c2cccc(S(=O)(=O)O)c2C(=O)c2cccc(S(=O)(=O)O)c21. The number of amides is 2. The quantitative estimate of drug-likeness (QED) is 0.0797. The Labute approximate surface area is 416 Å². The van der Waals surface area contributed by atoms with Crippen LogP contribution < -0.4 is 11.1 Å². The van der Waals surface area contributed by atoms with Gasteiger partial charge in [-0.15, -0.1) is 11.8 Å². The zero-order valence-electron chi connectivity index (χ0n) is 36.5. The fourth-order valence-electron chi connectivity index (χ4n) is 8.07. The van der Waals surface area contributed by atoms with Gasteiger partial charge in [-0.05, 0) is 54.5 Å². The van der Waals surface area contributed by atoms with Crippen molar-refractivity contribution < 1.29 is 95.7 Å². The van der Waals surface area contributed by atoms with Crippen molar-refractivity contribution in [3.63, 3.8) is 0 Å². The maximum atomic E-state index is 12.6. The molecule has 3 atom stereocenters. The van der Waals surface area contributed by atoms with E-state index in [0.29, 0.717) is 16.9 Å². The van der Waals surface area contributed by atoms with Crippen molar-refractivity contribution >= 4 is 93.2 Å². The summed E-state index contributed by atoms with van der Waals surface area (Å²) in [6, 6.07) is 17.0. The Bertz CT molecular complexity index is 3450. The standard InChI is InChI=1S/C16H17N3O5S.2C14H8O8S2/c1-7-6-25-15-11(14(22)19(15)12(7)16(23)24)18-13(21)10(17)8-2-4-9(20)5-3-8;2*15-13-7-3-1-5-9(23(17,18)19)11(7)14(16)8-4-2-6-10(12(8)13)24(20,21)22/h2-5,10-11,15,20H,6,17H2,1H3,(H,18,21)(H,23,24);2*1-6H,(H,17,18,19)(H,20,21,22)/t10?,11?,15-;;/m0../s1. The second-order valence-corrected chi connectivity index (χ2v) is 22.5. The number of thioether (sulfide) groups is 1. The van der Waals surface area contributed by atoms with E-state index in [1.807, 2.05) is 0 Å². The molecule has 1 fully saturated rings. The Balaban J connectivity index is 0.000000160. The van der Waals surface area contributed by atoms with E-state index in [1.54, 1.807) is 6.92 Å². The largest absolute Gasteiger partial charge is 0.508 e. The molecule has 1 saturated heterocycles. The zero-order chi connectivity index (χ0) is 54.0. The third kappa shape index (κ3) is 9.97. The molecule has 9 N–H and O–H groups in total. The van der Waals surface area contributed by atoms with Crippen molar-refractivity contribution in [3.8, 4) is 5.75 Å². The normalized spacial score (nSPS) is 17.5. The topological polar surface area (TPSA) is 419 Å². The molecule has 0 spiro atoms. The number of carboxylic acids is 1. The Morgan fingerprint density at radius 1 is 0.589 bits per heavy atom. The van der Waals surface area contributed by atoms with Crippen LogP contribution in [0.15, 0.2) is 128 Å². The molecule has 24 nitrogen and oxygen atoms in total. The van der Waals surface area contributed by atoms with Gasteiger partial charge >= 0.3 is 5.97 Å². The summed E-state index contributed by atoms with van der Waals surface area (Å²) < 4.78 is 129. The number of β-lactam (4-membered cyclic amide) rings is 1. The highest BCUT2D eigenvalue weighted by atomic mass is 32.2. The molecule has 2 unspecified atom stereocenters. The van der Waals surface area contributed by atoms with Gasteiger partial charge in [0.05, 0.1) is 22.3 Å². The number of hydrogen-bond acceptors (Lipinski definition) is 18. The summed E-state index contributed by atoms with van der Waals surface area (Å²) >= 11 is 1.40. The third-order valence-corrected chi connectivity index (χ3v) is 16.3. The van der Waals surface area contributed by atoms with Gasteiger partial charge in [0.1, 0.15) is 48.5 Å². The maximum Gasteiger partial charge on any atom is 0.352 e. The van der Waals surface area contributed by atoms with Gasteiger partial charge in [0.15, 0.2) is 23.1 Å². The molecule has 0 saturated carbocycles. The molecule has 2 amide bonds. The smallest absolute Gasteiger partial charge is 0.352 e. The number of nitrogens with zero attached hydrogens (tertiary/aromatic N) is 1. The van der Waals surface area contributed by atoms with Gasteiger partial charge in [-0.1, -0.05) is 60.7 Å². The zero-order valence-corrected chi connectivity index (χ0v) is 40.6. The lowest BCUT2D eigenvalue weighted by Gasteiger charge is -2.49. The minimum absolute atomic E-state index is 0.0120. The van der Waals surface area contributed by atoms with Crippen LogP contribution in [-0.4, -0.2) is 125 Å². The van der Waals surface area contributed by atoms with Gasteiger partial charge in [-0.25, -0.2) is 4.79 Å². The van der Waals surface area contributed by atoms with Crippen LogP contribution in [0.2, 0.25) is 0 Å². The van der Waals surface area contributed by atoms with Crippen molar-refractivity contribution in [2.24, 2.45) is 5.73 Å². The fraction of sp³-hybridized carbons (Fsp3) is 0.114. The Morgan fingerprint density at radius 2 is 0.918 bits per heavy atom. The highest BCUT2D eigenvalue weighted by molar-refractivity contribution is 8.00. The molecule has 0 bridgehead atoms. The van der Waals surface area contributed by atoms with E-state index in [1.165, 1.54) is 40.9 Å². The van der Waals surface area contributed by atoms with Crippen molar-refractivity contribution in [2.75, 3.05) is 5.75 Å². The van der Waals surface area contributed by atoms with Crippen LogP contribution in [0.3, 0.4) is 0 Å². The van der Waals surface area contributed by atoms with Gasteiger partial charge in [-0.2, -0.15) is 33.7 Å². The lowest BCUT2D eigenvalue weighted by molar-refractivity contribution is -0.150. The molecule has 2 heterocycles. The second kappa shape index (κ2) is 19.3. The molecule has 0 aromatic heterocycles. The highest BCUT2D eigenvalue weighted by Crippen LogP contribution is 2.41. The Kier molecular flexibility index (Phi) is 14.1.